The first-order chi connectivity index (χ1) is 15.8. The van der Waals surface area contributed by atoms with Crippen LogP contribution in [0.4, 0.5) is 10.5 Å². The van der Waals surface area contributed by atoms with Crippen molar-refractivity contribution in [2.75, 3.05) is 18.2 Å². The van der Waals surface area contributed by atoms with Gasteiger partial charge in [0.2, 0.25) is 0 Å². The number of hydrogen-bond donors (Lipinski definition) is 0. The standard InChI is InChI=1S/C26H25N3O3S/c1-28-25-12-9-21(6-4-3-5-20-13-15-27-16-14-20)17-23(25)19-29(26(28)30)18-22-7-10-24(11-8-22)33(2,31)32/h7-17H,3,5,18-19H2,1-2H3. The minimum absolute atomic E-state index is 0.0918. The van der Waals surface area contributed by atoms with Crippen LogP contribution in [0.5, 0.6) is 0 Å². The third-order valence-electron chi connectivity index (χ3n) is 5.61. The van der Waals surface area contributed by atoms with Gasteiger partial charge in [-0.3, -0.25) is 9.88 Å². The topological polar surface area (TPSA) is 70.6 Å². The van der Waals surface area contributed by atoms with E-state index in [-0.39, 0.29) is 10.9 Å². The normalized spacial score (nSPS) is 13.3. The lowest BCUT2D eigenvalue weighted by Gasteiger charge is -2.35. The minimum atomic E-state index is -3.25. The molecule has 2 aromatic carbocycles. The van der Waals surface area contributed by atoms with E-state index < -0.39 is 9.84 Å². The Labute approximate surface area is 194 Å². The van der Waals surface area contributed by atoms with E-state index in [0.29, 0.717) is 13.1 Å². The summed E-state index contributed by atoms with van der Waals surface area (Å²) < 4.78 is 23.4. The van der Waals surface area contributed by atoms with Gasteiger partial charge in [-0.25, -0.2) is 13.2 Å². The van der Waals surface area contributed by atoms with Crippen LogP contribution in [0.15, 0.2) is 71.9 Å². The van der Waals surface area contributed by atoms with Crippen molar-refractivity contribution >= 4 is 21.6 Å². The van der Waals surface area contributed by atoms with Crippen LogP contribution in [-0.2, 0) is 29.3 Å². The van der Waals surface area contributed by atoms with Crippen molar-refractivity contribution in [3.8, 4) is 11.8 Å². The Hall–Kier alpha value is -3.63. The number of fused-ring (bicyclic) bond motifs is 1. The zero-order valence-corrected chi connectivity index (χ0v) is 19.5. The predicted octanol–water partition coefficient (Wildman–Crippen LogP) is 4.04. The Morgan fingerprint density at radius 3 is 2.42 bits per heavy atom. The maximum absolute atomic E-state index is 12.9. The van der Waals surface area contributed by atoms with Gasteiger partial charge in [0, 0.05) is 50.8 Å². The third kappa shape index (κ3) is 5.41. The molecule has 0 bridgehead atoms. The molecule has 6 nitrogen and oxygen atoms in total. The van der Waals surface area contributed by atoms with Crippen LogP contribution in [0.3, 0.4) is 0 Å². The molecule has 0 aliphatic carbocycles. The highest BCUT2D eigenvalue weighted by atomic mass is 32.2. The number of anilines is 1. The second-order valence-corrected chi connectivity index (χ2v) is 10.1. The van der Waals surface area contributed by atoms with Gasteiger partial charge in [0.1, 0.15) is 0 Å². The summed E-state index contributed by atoms with van der Waals surface area (Å²) in [7, 11) is -1.48. The molecule has 1 aliphatic rings. The SMILES string of the molecule is CN1C(=O)N(Cc2ccc(S(C)(=O)=O)cc2)Cc2cc(C#CCCc3ccncc3)ccc21. The van der Waals surface area contributed by atoms with Crippen molar-refractivity contribution in [1.29, 1.82) is 0 Å². The van der Waals surface area contributed by atoms with E-state index in [2.05, 4.69) is 16.8 Å². The first-order valence-electron chi connectivity index (χ1n) is 10.6. The summed E-state index contributed by atoms with van der Waals surface area (Å²) in [6.45, 7) is 0.868. The molecule has 0 fully saturated rings. The number of carbonyl (C=O) groups is 1. The molecule has 2 amide bonds. The summed E-state index contributed by atoms with van der Waals surface area (Å²) in [5, 5.41) is 0. The summed E-state index contributed by atoms with van der Waals surface area (Å²) >= 11 is 0. The molecule has 0 atom stereocenters. The van der Waals surface area contributed by atoms with E-state index in [9.17, 15) is 13.2 Å². The van der Waals surface area contributed by atoms with Crippen molar-refractivity contribution in [2.45, 2.75) is 30.8 Å². The molecular formula is C26H25N3O3S. The van der Waals surface area contributed by atoms with Gasteiger partial charge >= 0.3 is 6.03 Å². The van der Waals surface area contributed by atoms with Gasteiger partial charge in [0.05, 0.1) is 10.6 Å². The monoisotopic (exact) mass is 459 g/mol. The Morgan fingerprint density at radius 2 is 1.73 bits per heavy atom. The zero-order valence-electron chi connectivity index (χ0n) is 18.7. The van der Waals surface area contributed by atoms with Gasteiger partial charge in [0.25, 0.3) is 0 Å². The highest BCUT2D eigenvalue weighted by Crippen LogP contribution is 2.29. The van der Waals surface area contributed by atoms with Gasteiger partial charge < -0.3 is 4.90 Å². The van der Waals surface area contributed by atoms with Gasteiger partial charge in [-0.2, -0.15) is 0 Å². The largest absolute Gasteiger partial charge is 0.324 e. The number of amides is 2. The van der Waals surface area contributed by atoms with E-state index in [4.69, 9.17) is 0 Å². The average Bonchev–Trinajstić information content (AvgIpc) is 2.80. The number of rotatable bonds is 5. The Balaban J connectivity index is 1.47. The number of aromatic nitrogens is 1. The van der Waals surface area contributed by atoms with Gasteiger partial charge in [0.15, 0.2) is 9.84 Å². The summed E-state index contributed by atoms with van der Waals surface area (Å²) in [6.07, 6.45) is 6.39. The van der Waals surface area contributed by atoms with Crippen molar-refractivity contribution in [3.63, 3.8) is 0 Å². The van der Waals surface area contributed by atoms with Crippen molar-refractivity contribution in [1.82, 2.24) is 9.88 Å². The summed E-state index contributed by atoms with van der Waals surface area (Å²) in [5.41, 5.74) is 4.92. The minimum Gasteiger partial charge on any atom is -0.316 e. The summed E-state index contributed by atoms with van der Waals surface area (Å²) in [6, 6.07) is 16.5. The lowest BCUT2D eigenvalue weighted by molar-refractivity contribution is 0.197. The van der Waals surface area contributed by atoms with Crippen LogP contribution in [-0.4, -0.2) is 37.6 Å². The fourth-order valence-electron chi connectivity index (χ4n) is 3.81. The lowest BCUT2D eigenvalue weighted by atomic mass is 10.0. The van der Waals surface area contributed by atoms with E-state index in [1.54, 1.807) is 53.5 Å². The van der Waals surface area contributed by atoms with Crippen molar-refractivity contribution in [2.24, 2.45) is 0 Å². The summed E-state index contributed by atoms with van der Waals surface area (Å²) in [4.78, 5) is 20.6. The molecule has 0 saturated heterocycles. The molecule has 4 rings (SSSR count). The molecule has 0 saturated carbocycles. The van der Waals surface area contributed by atoms with Crippen molar-refractivity contribution in [3.05, 3.63) is 89.2 Å². The Morgan fingerprint density at radius 1 is 1.00 bits per heavy atom. The molecule has 33 heavy (non-hydrogen) atoms. The van der Waals surface area contributed by atoms with Gasteiger partial charge in [-0.15, -0.1) is 0 Å². The number of pyridine rings is 1. The van der Waals surface area contributed by atoms with Crippen molar-refractivity contribution < 1.29 is 13.2 Å². The molecule has 2 heterocycles. The molecular weight excluding hydrogens is 434 g/mol. The summed E-state index contributed by atoms with van der Waals surface area (Å²) in [5.74, 6) is 6.46. The molecule has 0 spiro atoms. The van der Waals surface area contributed by atoms with Crippen LogP contribution >= 0.6 is 0 Å². The number of nitrogens with zero attached hydrogens (tertiary/aromatic N) is 3. The maximum Gasteiger partial charge on any atom is 0.324 e. The molecule has 168 valence electrons. The highest BCUT2D eigenvalue weighted by molar-refractivity contribution is 7.90. The number of sulfone groups is 1. The van der Waals surface area contributed by atoms with Crippen LogP contribution in [0, 0.1) is 11.8 Å². The van der Waals surface area contributed by atoms with E-state index >= 15 is 0 Å². The van der Waals surface area contributed by atoms with E-state index in [1.165, 1.54) is 11.8 Å². The Kier molecular flexibility index (Phi) is 6.47. The van der Waals surface area contributed by atoms with Crippen LogP contribution in [0.2, 0.25) is 0 Å². The second-order valence-electron chi connectivity index (χ2n) is 8.11. The molecule has 0 N–H and O–H groups in total. The zero-order chi connectivity index (χ0) is 23.4. The molecule has 0 radical (unpaired) electrons. The smallest absolute Gasteiger partial charge is 0.316 e. The first kappa shape index (κ1) is 22.6. The Bertz CT molecular complexity index is 1320. The fourth-order valence-corrected chi connectivity index (χ4v) is 4.44. The molecule has 1 aromatic heterocycles. The molecule has 1 aliphatic heterocycles. The predicted molar refractivity (Wildman–Crippen MR) is 128 cm³/mol. The van der Waals surface area contributed by atoms with Gasteiger partial charge in [-0.1, -0.05) is 24.0 Å². The number of carbonyl (C=O) groups excluding carboxylic acids is 1. The molecule has 0 unspecified atom stereocenters. The fraction of sp³-hybridized carbons (Fsp3) is 0.231. The first-order valence-corrected chi connectivity index (χ1v) is 12.5. The molecule has 3 aromatic rings. The molecule has 7 heteroatoms. The highest BCUT2D eigenvalue weighted by Gasteiger charge is 2.27. The quantitative estimate of drug-likeness (QED) is 0.540. The van der Waals surface area contributed by atoms with E-state index in [1.807, 2.05) is 30.3 Å². The second kappa shape index (κ2) is 9.47. The number of benzene rings is 2. The van der Waals surface area contributed by atoms with Crippen LogP contribution in [0.25, 0.3) is 0 Å². The van der Waals surface area contributed by atoms with E-state index in [0.717, 1.165) is 35.2 Å². The third-order valence-corrected chi connectivity index (χ3v) is 6.73. The number of urea groups is 1. The van der Waals surface area contributed by atoms with Gasteiger partial charge in [-0.05, 0) is 65.6 Å². The van der Waals surface area contributed by atoms with Crippen LogP contribution in [0.1, 0.15) is 28.7 Å². The average molecular weight is 460 g/mol. The van der Waals surface area contributed by atoms with Crippen LogP contribution < -0.4 is 4.90 Å². The number of hydrogen-bond acceptors (Lipinski definition) is 4. The lowest BCUT2D eigenvalue weighted by Crippen LogP contribution is -2.44. The number of aryl methyl sites for hydroxylation is 1. The maximum atomic E-state index is 12.9.